The second-order valence-electron chi connectivity index (χ2n) is 3.50. The monoisotopic (exact) mass is 128 g/mol. The van der Waals surface area contributed by atoms with Gasteiger partial charge in [-0.25, -0.2) is 0 Å². The minimum absolute atomic E-state index is 0.0764. The Morgan fingerprint density at radius 3 is 2.56 bits per heavy atom. The first-order valence-electron chi connectivity index (χ1n) is 3.58. The van der Waals surface area contributed by atoms with E-state index in [0.29, 0.717) is 0 Å². The molecule has 1 saturated heterocycles. The first-order chi connectivity index (χ1) is 4.10. The molecule has 1 heterocycles. The lowest BCUT2D eigenvalue weighted by molar-refractivity contribution is 0.192. The lowest BCUT2D eigenvalue weighted by atomic mass is 9.93. The Hall–Kier alpha value is -0.0800. The smallest absolute Gasteiger partial charge is 0.0255 e. The van der Waals surface area contributed by atoms with Crippen LogP contribution in [0, 0.1) is 0 Å². The maximum atomic E-state index is 5.93. The van der Waals surface area contributed by atoms with Crippen molar-refractivity contribution in [2.24, 2.45) is 5.73 Å². The highest BCUT2D eigenvalue weighted by molar-refractivity contribution is 4.85. The summed E-state index contributed by atoms with van der Waals surface area (Å²) in [6.07, 6.45) is 2.43. The molecule has 1 rings (SSSR count). The summed E-state index contributed by atoms with van der Waals surface area (Å²) in [5.41, 5.74) is 6.00. The topological polar surface area (TPSA) is 29.3 Å². The maximum absolute atomic E-state index is 5.93. The van der Waals surface area contributed by atoms with E-state index in [4.69, 9.17) is 5.73 Å². The van der Waals surface area contributed by atoms with E-state index in [2.05, 4.69) is 18.9 Å². The number of likely N-dealkylation sites (N-methyl/N-ethyl adjacent to an activating group) is 1. The molecule has 1 fully saturated rings. The number of piperidine rings is 1. The van der Waals surface area contributed by atoms with Crippen LogP contribution in [0.1, 0.15) is 19.8 Å². The van der Waals surface area contributed by atoms with Gasteiger partial charge in [0, 0.05) is 12.1 Å². The van der Waals surface area contributed by atoms with Gasteiger partial charge in [0.25, 0.3) is 0 Å². The zero-order valence-electron chi connectivity index (χ0n) is 6.35. The molecule has 0 aromatic heterocycles. The Bertz CT molecular complexity index is 99.1. The van der Waals surface area contributed by atoms with E-state index in [1.807, 2.05) is 0 Å². The van der Waals surface area contributed by atoms with Crippen LogP contribution in [-0.2, 0) is 0 Å². The van der Waals surface area contributed by atoms with Crippen LogP contribution in [0.2, 0.25) is 0 Å². The summed E-state index contributed by atoms with van der Waals surface area (Å²) in [7, 11) is 2.13. The van der Waals surface area contributed by atoms with Gasteiger partial charge >= 0.3 is 0 Å². The molecule has 9 heavy (non-hydrogen) atoms. The Morgan fingerprint density at radius 2 is 2.22 bits per heavy atom. The molecule has 0 bridgehead atoms. The van der Waals surface area contributed by atoms with Crippen molar-refractivity contribution in [3.63, 3.8) is 0 Å². The van der Waals surface area contributed by atoms with Crippen molar-refractivity contribution in [3.8, 4) is 0 Å². The van der Waals surface area contributed by atoms with Crippen molar-refractivity contribution in [2.75, 3.05) is 20.1 Å². The van der Waals surface area contributed by atoms with E-state index in [0.717, 1.165) is 6.54 Å². The van der Waals surface area contributed by atoms with Crippen molar-refractivity contribution < 1.29 is 0 Å². The minimum atomic E-state index is 0.0764. The molecule has 1 atom stereocenters. The van der Waals surface area contributed by atoms with Gasteiger partial charge in [-0.3, -0.25) is 0 Å². The SMILES string of the molecule is CN1CCC[C@@](C)(N)C1. The van der Waals surface area contributed by atoms with Crippen LogP contribution in [0.3, 0.4) is 0 Å². The lowest BCUT2D eigenvalue weighted by Gasteiger charge is -2.35. The largest absolute Gasteiger partial charge is 0.324 e. The molecule has 0 saturated carbocycles. The third kappa shape index (κ3) is 1.95. The normalized spacial score (nSPS) is 39.0. The predicted octanol–water partition coefficient (Wildman–Crippen LogP) is 0.429. The quantitative estimate of drug-likeness (QED) is 0.512. The van der Waals surface area contributed by atoms with Crippen LogP contribution in [-0.4, -0.2) is 30.6 Å². The van der Waals surface area contributed by atoms with Crippen molar-refractivity contribution in [1.29, 1.82) is 0 Å². The van der Waals surface area contributed by atoms with Gasteiger partial charge in [0.15, 0.2) is 0 Å². The molecule has 0 radical (unpaired) electrons. The summed E-state index contributed by atoms with van der Waals surface area (Å²) in [5, 5.41) is 0. The summed E-state index contributed by atoms with van der Waals surface area (Å²) in [6, 6.07) is 0. The van der Waals surface area contributed by atoms with Gasteiger partial charge in [0.1, 0.15) is 0 Å². The lowest BCUT2D eigenvalue weighted by Crippen LogP contribution is -2.50. The van der Waals surface area contributed by atoms with E-state index >= 15 is 0 Å². The molecule has 2 heteroatoms. The van der Waals surface area contributed by atoms with Crippen molar-refractivity contribution >= 4 is 0 Å². The second-order valence-corrected chi connectivity index (χ2v) is 3.50. The molecule has 2 nitrogen and oxygen atoms in total. The zero-order valence-corrected chi connectivity index (χ0v) is 6.35. The number of nitrogens with zero attached hydrogens (tertiary/aromatic N) is 1. The third-order valence-corrected chi connectivity index (χ3v) is 1.92. The Morgan fingerprint density at radius 1 is 1.56 bits per heavy atom. The average Bonchev–Trinajstić information content (AvgIpc) is 1.60. The fraction of sp³-hybridized carbons (Fsp3) is 1.00. The highest BCUT2D eigenvalue weighted by Crippen LogP contribution is 2.15. The summed E-state index contributed by atoms with van der Waals surface area (Å²) in [5.74, 6) is 0. The fourth-order valence-electron chi connectivity index (χ4n) is 1.53. The van der Waals surface area contributed by atoms with E-state index < -0.39 is 0 Å². The summed E-state index contributed by atoms with van der Waals surface area (Å²) in [6.45, 7) is 4.39. The van der Waals surface area contributed by atoms with Gasteiger partial charge < -0.3 is 10.6 Å². The Labute approximate surface area is 57.0 Å². The molecule has 0 aromatic carbocycles. The fourth-order valence-corrected chi connectivity index (χ4v) is 1.53. The molecule has 0 aromatic rings. The second kappa shape index (κ2) is 2.27. The van der Waals surface area contributed by atoms with Crippen LogP contribution in [0.15, 0.2) is 0 Å². The van der Waals surface area contributed by atoms with E-state index in [1.54, 1.807) is 0 Å². The van der Waals surface area contributed by atoms with Gasteiger partial charge in [-0.2, -0.15) is 0 Å². The summed E-state index contributed by atoms with van der Waals surface area (Å²) < 4.78 is 0. The molecule has 0 aliphatic carbocycles. The van der Waals surface area contributed by atoms with Gasteiger partial charge in [0.05, 0.1) is 0 Å². The molecule has 0 amide bonds. The number of hydrogen-bond donors (Lipinski definition) is 1. The van der Waals surface area contributed by atoms with E-state index in [1.165, 1.54) is 19.4 Å². The van der Waals surface area contributed by atoms with Gasteiger partial charge in [0.2, 0.25) is 0 Å². The number of rotatable bonds is 0. The van der Waals surface area contributed by atoms with Crippen LogP contribution >= 0.6 is 0 Å². The average molecular weight is 128 g/mol. The van der Waals surface area contributed by atoms with E-state index in [-0.39, 0.29) is 5.54 Å². The molecule has 1 aliphatic rings. The van der Waals surface area contributed by atoms with Gasteiger partial charge in [-0.05, 0) is 33.4 Å². The summed E-state index contributed by atoms with van der Waals surface area (Å²) >= 11 is 0. The summed E-state index contributed by atoms with van der Waals surface area (Å²) in [4.78, 5) is 2.30. The molecular weight excluding hydrogens is 112 g/mol. The predicted molar refractivity (Wildman–Crippen MR) is 39.3 cm³/mol. The van der Waals surface area contributed by atoms with Crippen molar-refractivity contribution in [2.45, 2.75) is 25.3 Å². The van der Waals surface area contributed by atoms with Crippen LogP contribution in [0.5, 0.6) is 0 Å². The molecule has 54 valence electrons. The number of hydrogen-bond acceptors (Lipinski definition) is 2. The zero-order chi connectivity index (χ0) is 6.91. The first kappa shape index (κ1) is 7.03. The number of nitrogens with two attached hydrogens (primary N) is 1. The van der Waals surface area contributed by atoms with Crippen LogP contribution in [0.4, 0.5) is 0 Å². The number of likely N-dealkylation sites (tertiary alicyclic amines) is 1. The molecular formula is C7H16N2. The standard InChI is InChI=1S/C7H16N2/c1-7(8)4-3-5-9(2)6-7/h3-6,8H2,1-2H3/t7-/m1/s1. The molecule has 1 aliphatic heterocycles. The Kier molecular flexibility index (Phi) is 1.78. The Balaban J connectivity index is 2.41. The van der Waals surface area contributed by atoms with Crippen molar-refractivity contribution in [1.82, 2.24) is 4.90 Å². The van der Waals surface area contributed by atoms with Gasteiger partial charge in [-0.15, -0.1) is 0 Å². The van der Waals surface area contributed by atoms with Crippen molar-refractivity contribution in [3.05, 3.63) is 0 Å². The first-order valence-corrected chi connectivity index (χ1v) is 3.58. The molecule has 0 unspecified atom stereocenters. The molecule has 2 N–H and O–H groups in total. The maximum Gasteiger partial charge on any atom is 0.0255 e. The van der Waals surface area contributed by atoms with Crippen LogP contribution < -0.4 is 5.73 Å². The minimum Gasteiger partial charge on any atom is -0.324 e. The molecule has 0 spiro atoms. The highest BCUT2D eigenvalue weighted by Gasteiger charge is 2.23. The highest BCUT2D eigenvalue weighted by atomic mass is 15.1. The van der Waals surface area contributed by atoms with Gasteiger partial charge in [-0.1, -0.05) is 0 Å². The van der Waals surface area contributed by atoms with E-state index in [9.17, 15) is 0 Å². The van der Waals surface area contributed by atoms with Crippen LogP contribution in [0.25, 0.3) is 0 Å². The third-order valence-electron chi connectivity index (χ3n) is 1.92.